The third-order valence-electron chi connectivity index (χ3n) is 2.08. The zero-order chi connectivity index (χ0) is 11.6. The Labute approximate surface area is 93.7 Å². The van der Waals surface area contributed by atoms with Gasteiger partial charge in [0.2, 0.25) is 0 Å². The van der Waals surface area contributed by atoms with Crippen molar-refractivity contribution in [1.29, 1.82) is 0 Å². The van der Waals surface area contributed by atoms with Gasteiger partial charge in [-0.1, -0.05) is 4.40 Å². The third-order valence-corrected chi connectivity index (χ3v) is 3.43. The van der Waals surface area contributed by atoms with Crippen LogP contribution in [0.3, 0.4) is 0 Å². The van der Waals surface area contributed by atoms with Crippen molar-refractivity contribution in [3.05, 3.63) is 17.5 Å². The van der Waals surface area contributed by atoms with Crippen LogP contribution in [-0.4, -0.2) is 25.3 Å². The standard InChI is InChI=1S/C10H17N3OS/c1-8-9(6-11-13(8)5)7-12-15(14)10(2,3)4/h6-7H,1-5H3. The van der Waals surface area contributed by atoms with E-state index in [1.165, 1.54) is 0 Å². The Kier molecular flexibility index (Phi) is 3.57. The summed E-state index contributed by atoms with van der Waals surface area (Å²) in [6.07, 6.45) is 3.35. The fraction of sp³-hybridized carbons (Fsp3) is 0.600. The van der Waals surface area contributed by atoms with Crippen LogP contribution < -0.4 is 0 Å². The number of aromatic nitrogens is 2. The highest BCUT2D eigenvalue weighted by Gasteiger charge is 2.25. The van der Waals surface area contributed by atoms with Gasteiger partial charge in [0.05, 0.1) is 12.4 Å². The first kappa shape index (κ1) is 12.3. The molecule has 0 amide bonds. The summed E-state index contributed by atoms with van der Waals surface area (Å²) >= 11 is -1.20. The lowest BCUT2D eigenvalue weighted by molar-refractivity contribution is 0.562. The van der Waals surface area contributed by atoms with Crippen LogP contribution in [0, 0.1) is 6.92 Å². The molecule has 1 aromatic heterocycles. The van der Waals surface area contributed by atoms with Crippen molar-refractivity contribution in [3.63, 3.8) is 0 Å². The molecular weight excluding hydrogens is 210 g/mol. The molecule has 0 saturated heterocycles. The Morgan fingerprint density at radius 3 is 2.53 bits per heavy atom. The first-order valence-electron chi connectivity index (χ1n) is 4.77. The first-order chi connectivity index (χ1) is 6.82. The lowest BCUT2D eigenvalue weighted by Crippen LogP contribution is -2.25. The second kappa shape index (κ2) is 4.37. The van der Waals surface area contributed by atoms with Crippen LogP contribution in [0.1, 0.15) is 32.0 Å². The fourth-order valence-electron chi connectivity index (χ4n) is 0.905. The van der Waals surface area contributed by atoms with Crippen molar-refractivity contribution < 1.29 is 4.55 Å². The Bertz CT molecular complexity index is 365. The molecule has 0 radical (unpaired) electrons. The van der Waals surface area contributed by atoms with Crippen molar-refractivity contribution in [1.82, 2.24) is 9.78 Å². The molecule has 1 heterocycles. The summed E-state index contributed by atoms with van der Waals surface area (Å²) < 4.78 is 17.1. The van der Waals surface area contributed by atoms with Gasteiger partial charge >= 0.3 is 0 Å². The van der Waals surface area contributed by atoms with E-state index < -0.39 is 11.4 Å². The van der Waals surface area contributed by atoms with Crippen molar-refractivity contribution in [2.75, 3.05) is 0 Å². The highest BCUT2D eigenvalue weighted by Crippen LogP contribution is 2.17. The van der Waals surface area contributed by atoms with E-state index in [9.17, 15) is 4.55 Å². The average Bonchev–Trinajstić information content (AvgIpc) is 2.43. The Hall–Kier alpha value is -0.810. The van der Waals surface area contributed by atoms with Crippen molar-refractivity contribution in [3.8, 4) is 0 Å². The minimum Gasteiger partial charge on any atom is -0.591 e. The Balaban J connectivity index is 2.78. The molecule has 0 saturated carbocycles. The summed E-state index contributed by atoms with van der Waals surface area (Å²) in [6.45, 7) is 7.65. The van der Waals surface area contributed by atoms with E-state index in [-0.39, 0.29) is 4.75 Å². The predicted octanol–water partition coefficient (Wildman–Crippen LogP) is 1.61. The molecule has 15 heavy (non-hydrogen) atoms. The molecule has 0 aliphatic carbocycles. The molecule has 84 valence electrons. The fourth-order valence-corrected chi connectivity index (χ4v) is 1.43. The largest absolute Gasteiger partial charge is 0.591 e. The molecule has 1 rings (SSSR count). The van der Waals surface area contributed by atoms with E-state index in [4.69, 9.17) is 0 Å². The Morgan fingerprint density at radius 1 is 1.53 bits per heavy atom. The highest BCUT2D eigenvalue weighted by molar-refractivity contribution is 7.91. The number of rotatable bonds is 2. The van der Waals surface area contributed by atoms with E-state index in [0.29, 0.717) is 0 Å². The maximum atomic E-state index is 11.6. The van der Waals surface area contributed by atoms with Crippen LogP contribution in [0.4, 0.5) is 0 Å². The number of nitrogens with zero attached hydrogens (tertiary/aromatic N) is 3. The van der Waals surface area contributed by atoms with Gasteiger partial charge in [0.15, 0.2) is 0 Å². The summed E-state index contributed by atoms with van der Waals surface area (Å²) in [7, 11) is 1.87. The van der Waals surface area contributed by atoms with Gasteiger partial charge in [-0.15, -0.1) is 0 Å². The molecule has 1 unspecified atom stereocenters. The molecule has 1 aromatic rings. The molecule has 0 aliphatic rings. The van der Waals surface area contributed by atoms with Gasteiger partial charge in [-0.25, -0.2) is 0 Å². The molecule has 4 nitrogen and oxygen atoms in total. The number of aryl methyl sites for hydroxylation is 1. The van der Waals surface area contributed by atoms with Crippen LogP contribution in [-0.2, 0) is 18.4 Å². The van der Waals surface area contributed by atoms with Gasteiger partial charge in [-0.05, 0) is 27.7 Å². The zero-order valence-electron chi connectivity index (χ0n) is 9.81. The first-order valence-corrected chi connectivity index (χ1v) is 5.87. The van der Waals surface area contributed by atoms with E-state index in [0.717, 1.165) is 11.3 Å². The van der Waals surface area contributed by atoms with Gasteiger partial charge in [0, 0.05) is 18.3 Å². The van der Waals surface area contributed by atoms with Gasteiger partial charge in [0.1, 0.15) is 16.1 Å². The number of hydrogen-bond donors (Lipinski definition) is 0. The van der Waals surface area contributed by atoms with Crippen molar-refractivity contribution in [2.45, 2.75) is 32.4 Å². The summed E-state index contributed by atoms with van der Waals surface area (Å²) in [5.41, 5.74) is 1.93. The zero-order valence-corrected chi connectivity index (χ0v) is 10.6. The van der Waals surface area contributed by atoms with E-state index in [1.54, 1.807) is 17.1 Å². The maximum Gasteiger partial charge on any atom is 0.144 e. The summed E-state index contributed by atoms with van der Waals surface area (Å²) in [5, 5.41) is 4.08. The third kappa shape index (κ3) is 3.07. The maximum absolute atomic E-state index is 11.6. The Morgan fingerprint density at radius 2 is 2.13 bits per heavy atom. The van der Waals surface area contributed by atoms with E-state index in [1.807, 2.05) is 34.7 Å². The topological polar surface area (TPSA) is 53.2 Å². The highest BCUT2D eigenvalue weighted by atomic mass is 32.2. The molecule has 0 spiro atoms. The molecule has 0 N–H and O–H groups in total. The molecular formula is C10H17N3OS. The molecule has 0 bridgehead atoms. The van der Waals surface area contributed by atoms with Gasteiger partial charge in [0.25, 0.3) is 0 Å². The minimum absolute atomic E-state index is 0.313. The monoisotopic (exact) mass is 227 g/mol. The summed E-state index contributed by atoms with van der Waals surface area (Å²) in [6, 6.07) is 0. The van der Waals surface area contributed by atoms with E-state index in [2.05, 4.69) is 9.50 Å². The van der Waals surface area contributed by atoms with Crippen molar-refractivity contribution in [2.24, 2.45) is 11.4 Å². The van der Waals surface area contributed by atoms with Gasteiger partial charge in [-0.3, -0.25) is 4.68 Å². The normalized spacial score (nSPS) is 14.8. The lowest BCUT2D eigenvalue weighted by Gasteiger charge is -2.17. The molecule has 0 fully saturated rings. The quantitative estimate of drug-likeness (QED) is 0.569. The summed E-state index contributed by atoms with van der Waals surface area (Å²) in [5.74, 6) is 0. The summed E-state index contributed by atoms with van der Waals surface area (Å²) in [4.78, 5) is 0. The van der Waals surface area contributed by atoms with E-state index >= 15 is 0 Å². The number of hydrogen-bond acceptors (Lipinski definition) is 3. The van der Waals surface area contributed by atoms with Crippen molar-refractivity contribution >= 4 is 17.6 Å². The second-order valence-electron chi connectivity index (χ2n) is 4.40. The smallest absolute Gasteiger partial charge is 0.144 e. The average molecular weight is 227 g/mol. The van der Waals surface area contributed by atoms with Crippen LogP contribution in [0.15, 0.2) is 10.6 Å². The van der Waals surface area contributed by atoms with Crippen LogP contribution in [0.25, 0.3) is 0 Å². The van der Waals surface area contributed by atoms with Gasteiger partial charge < -0.3 is 4.55 Å². The second-order valence-corrected chi connectivity index (χ2v) is 6.34. The molecule has 0 aliphatic heterocycles. The SMILES string of the molecule is Cc1c(C=N[S+]([O-])C(C)(C)C)cnn1C. The lowest BCUT2D eigenvalue weighted by atomic mass is 10.3. The molecule has 5 heteroatoms. The van der Waals surface area contributed by atoms with Crippen LogP contribution in [0.5, 0.6) is 0 Å². The predicted molar refractivity (Wildman–Crippen MR) is 63.4 cm³/mol. The molecule has 0 aromatic carbocycles. The minimum atomic E-state index is -1.20. The molecule has 1 atom stereocenters. The van der Waals surface area contributed by atoms with Crippen LogP contribution >= 0.6 is 0 Å². The van der Waals surface area contributed by atoms with Crippen LogP contribution in [0.2, 0.25) is 0 Å². The van der Waals surface area contributed by atoms with Gasteiger partial charge in [-0.2, -0.15) is 5.10 Å².